The maximum absolute atomic E-state index is 6.44. The Kier molecular flexibility index (Phi) is 6.34. The summed E-state index contributed by atoms with van der Waals surface area (Å²) in [5.41, 5.74) is 8.65. The summed E-state index contributed by atoms with van der Waals surface area (Å²) < 4.78 is 0. The first-order chi connectivity index (χ1) is 10.2. The highest BCUT2D eigenvalue weighted by Crippen LogP contribution is 2.29. The van der Waals surface area contributed by atoms with E-state index < -0.39 is 0 Å². The van der Waals surface area contributed by atoms with Crippen molar-refractivity contribution in [1.82, 2.24) is 4.90 Å². The summed E-state index contributed by atoms with van der Waals surface area (Å²) in [5, 5.41) is 0.854. The van der Waals surface area contributed by atoms with E-state index in [1.54, 1.807) is 0 Å². The molecule has 0 spiro atoms. The van der Waals surface area contributed by atoms with Gasteiger partial charge in [-0.3, -0.25) is 4.90 Å². The smallest absolute Gasteiger partial charge is 0.0459 e. The third kappa shape index (κ3) is 4.35. The number of hydrogen-bond acceptors (Lipinski definition) is 3. The van der Waals surface area contributed by atoms with Gasteiger partial charge in [-0.2, -0.15) is 0 Å². The Hall–Kier alpha value is -0.770. The number of rotatable bonds is 6. The lowest BCUT2D eigenvalue weighted by atomic mass is 10.0. The highest BCUT2D eigenvalue weighted by Gasteiger charge is 2.20. The number of piperazine rings is 1. The second-order valence-corrected chi connectivity index (χ2v) is 6.35. The average Bonchev–Trinajstić information content (AvgIpc) is 2.50. The van der Waals surface area contributed by atoms with Crippen molar-refractivity contribution < 1.29 is 0 Å². The van der Waals surface area contributed by atoms with Crippen LogP contribution in [0.1, 0.15) is 32.3 Å². The van der Waals surface area contributed by atoms with Gasteiger partial charge in [0.15, 0.2) is 0 Å². The molecule has 0 saturated carbocycles. The predicted molar refractivity (Wildman–Crippen MR) is 92.4 cm³/mol. The van der Waals surface area contributed by atoms with Gasteiger partial charge in [0.25, 0.3) is 0 Å². The molecule has 0 aliphatic carbocycles. The fraction of sp³-hybridized carbons (Fsp3) is 0.647. The van der Waals surface area contributed by atoms with Crippen LogP contribution in [-0.2, 0) is 6.42 Å². The highest BCUT2D eigenvalue weighted by atomic mass is 35.5. The molecule has 1 fully saturated rings. The topological polar surface area (TPSA) is 32.5 Å². The third-order valence-corrected chi connectivity index (χ3v) is 4.69. The van der Waals surface area contributed by atoms with Gasteiger partial charge < -0.3 is 10.6 Å². The maximum atomic E-state index is 6.44. The van der Waals surface area contributed by atoms with Crippen LogP contribution in [0.3, 0.4) is 0 Å². The van der Waals surface area contributed by atoms with Gasteiger partial charge in [0.2, 0.25) is 0 Å². The number of nitrogens with zero attached hydrogens (tertiary/aromatic N) is 2. The zero-order valence-corrected chi connectivity index (χ0v) is 14.1. The van der Waals surface area contributed by atoms with Crippen LogP contribution in [0.4, 0.5) is 5.69 Å². The second kappa shape index (κ2) is 8.02. The zero-order chi connectivity index (χ0) is 15.2. The van der Waals surface area contributed by atoms with Crippen molar-refractivity contribution in [2.75, 3.05) is 37.6 Å². The van der Waals surface area contributed by atoms with Crippen LogP contribution < -0.4 is 10.6 Å². The van der Waals surface area contributed by atoms with E-state index >= 15 is 0 Å². The van der Waals surface area contributed by atoms with Gasteiger partial charge in [0.1, 0.15) is 0 Å². The van der Waals surface area contributed by atoms with Gasteiger partial charge in [0, 0.05) is 42.9 Å². The molecule has 1 aromatic rings. The van der Waals surface area contributed by atoms with Crippen LogP contribution >= 0.6 is 11.6 Å². The van der Waals surface area contributed by atoms with Crippen molar-refractivity contribution in [2.24, 2.45) is 5.73 Å². The van der Waals surface area contributed by atoms with Crippen LogP contribution in [0.5, 0.6) is 0 Å². The quantitative estimate of drug-likeness (QED) is 0.876. The molecular weight excluding hydrogens is 282 g/mol. The average molecular weight is 310 g/mol. The van der Waals surface area contributed by atoms with E-state index in [1.165, 1.54) is 24.2 Å². The molecule has 4 heteroatoms. The number of nitrogens with two attached hydrogens (primary N) is 1. The molecular formula is C17H28ClN3. The summed E-state index contributed by atoms with van der Waals surface area (Å²) in [6, 6.07) is 6.41. The van der Waals surface area contributed by atoms with Crippen LogP contribution in [-0.4, -0.2) is 43.7 Å². The highest BCUT2D eigenvalue weighted by molar-refractivity contribution is 6.31. The molecule has 1 atom stereocenters. The lowest BCUT2D eigenvalue weighted by Gasteiger charge is -2.37. The Balaban J connectivity index is 2.11. The van der Waals surface area contributed by atoms with Crippen molar-refractivity contribution in [3.8, 4) is 0 Å². The van der Waals surface area contributed by atoms with Crippen molar-refractivity contribution in [3.05, 3.63) is 28.8 Å². The van der Waals surface area contributed by atoms with Crippen LogP contribution in [0, 0.1) is 0 Å². The monoisotopic (exact) mass is 309 g/mol. The van der Waals surface area contributed by atoms with Crippen molar-refractivity contribution in [1.29, 1.82) is 0 Å². The van der Waals surface area contributed by atoms with Crippen LogP contribution in [0.25, 0.3) is 0 Å². The molecule has 1 aliphatic rings. The molecule has 3 nitrogen and oxygen atoms in total. The molecule has 1 aliphatic heterocycles. The van der Waals surface area contributed by atoms with E-state index in [2.05, 4.69) is 35.8 Å². The SMILES string of the molecule is CCCN1CCN(c2cccc(Cl)c2CC(N)CC)CC1. The standard InChI is InChI=1S/C17H28ClN3/c1-3-8-20-9-11-21(12-10-20)17-7-5-6-16(18)15(17)13-14(19)4-2/h5-7,14H,3-4,8-13,19H2,1-2H3. The minimum absolute atomic E-state index is 0.185. The Morgan fingerprint density at radius 3 is 2.52 bits per heavy atom. The predicted octanol–water partition coefficient (Wildman–Crippen LogP) is 3.15. The van der Waals surface area contributed by atoms with E-state index in [-0.39, 0.29) is 6.04 Å². The summed E-state index contributed by atoms with van der Waals surface area (Å²) in [6.45, 7) is 10.0. The number of hydrogen-bond donors (Lipinski definition) is 1. The molecule has 0 bridgehead atoms. The minimum atomic E-state index is 0.185. The van der Waals surface area contributed by atoms with Gasteiger partial charge in [-0.15, -0.1) is 0 Å². The zero-order valence-electron chi connectivity index (χ0n) is 13.3. The first-order valence-electron chi connectivity index (χ1n) is 8.16. The number of benzene rings is 1. The van der Waals surface area contributed by atoms with Gasteiger partial charge >= 0.3 is 0 Å². The Morgan fingerprint density at radius 2 is 1.90 bits per heavy atom. The minimum Gasteiger partial charge on any atom is -0.369 e. The fourth-order valence-corrected chi connectivity index (χ4v) is 3.23. The first kappa shape index (κ1) is 16.6. The number of anilines is 1. The second-order valence-electron chi connectivity index (χ2n) is 5.94. The first-order valence-corrected chi connectivity index (χ1v) is 8.53. The van der Waals surface area contributed by atoms with E-state index in [4.69, 9.17) is 17.3 Å². The molecule has 2 rings (SSSR count). The molecule has 1 unspecified atom stereocenters. The van der Waals surface area contributed by atoms with Crippen molar-refractivity contribution in [2.45, 2.75) is 39.2 Å². The van der Waals surface area contributed by atoms with E-state index in [9.17, 15) is 0 Å². The molecule has 1 aromatic carbocycles. The van der Waals surface area contributed by atoms with Crippen molar-refractivity contribution in [3.63, 3.8) is 0 Å². The van der Waals surface area contributed by atoms with Crippen LogP contribution in [0.2, 0.25) is 5.02 Å². The maximum Gasteiger partial charge on any atom is 0.0459 e. The van der Waals surface area contributed by atoms with Crippen molar-refractivity contribution >= 4 is 17.3 Å². The summed E-state index contributed by atoms with van der Waals surface area (Å²) >= 11 is 6.44. The molecule has 21 heavy (non-hydrogen) atoms. The number of halogens is 1. The normalized spacial score (nSPS) is 18.0. The third-order valence-electron chi connectivity index (χ3n) is 4.34. The molecule has 1 saturated heterocycles. The summed E-state index contributed by atoms with van der Waals surface area (Å²) in [4.78, 5) is 5.01. The Bertz CT molecular complexity index is 442. The van der Waals surface area contributed by atoms with Gasteiger partial charge in [-0.1, -0.05) is 31.5 Å². The van der Waals surface area contributed by atoms with Gasteiger partial charge in [-0.05, 0) is 43.5 Å². The summed E-state index contributed by atoms with van der Waals surface area (Å²) in [6.07, 6.45) is 3.07. The molecule has 0 aromatic heterocycles. The fourth-order valence-electron chi connectivity index (χ4n) is 2.98. The summed E-state index contributed by atoms with van der Waals surface area (Å²) in [5.74, 6) is 0. The Labute approximate surface area is 134 Å². The summed E-state index contributed by atoms with van der Waals surface area (Å²) in [7, 11) is 0. The Morgan fingerprint density at radius 1 is 1.19 bits per heavy atom. The lowest BCUT2D eigenvalue weighted by Crippen LogP contribution is -2.47. The van der Waals surface area contributed by atoms with Gasteiger partial charge in [-0.25, -0.2) is 0 Å². The molecule has 118 valence electrons. The molecule has 0 radical (unpaired) electrons. The van der Waals surface area contributed by atoms with E-state index in [0.717, 1.165) is 44.0 Å². The van der Waals surface area contributed by atoms with E-state index in [1.807, 2.05) is 6.07 Å². The van der Waals surface area contributed by atoms with Gasteiger partial charge in [0.05, 0.1) is 0 Å². The van der Waals surface area contributed by atoms with Crippen LogP contribution in [0.15, 0.2) is 18.2 Å². The van der Waals surface area contributed by atoms with E-state index in [0.29, 0.717) is 0 Å². The molecule has 0 amide bonds. The molecule has 2 N–H and O–H groups in total. The molecule has 1 heterocycles. The largest absolute Gasteiger partial charge is 0.369 e. The lowest BCUT2D eigenvalue weighted by molar-refractivity contribution is 0.258.